The molecule has 0 aliphatic heterocycles. The summed E-state index contributed by atoms with van der Waals surface area (Å²) in [6.07, 6.45) is 0. The third-order valence-corrected chi connectivity index (χ3v) is 3.29. The van der Waals surface area contributed by atoms with Gasteiger partial charge in [-0.05, 0) is 19.1 Å². The number of benzene rings is 1. The lowest BCUT2D eigenvalue weighted by molar-refractivity contribution is 0.0688. The number of thiazole rings is 1. The highest BCUT2D eigenvalue weighted by Gasteiger charge is 2.17. The predicted molar refractivity (Wildman–Crippen MR) is 77.6 cm³/mol. The molecule has 0 unspecified atom stereocenters. The fraction of sp³-hybridized carbons (Fsp3) is 0.214. The van der Waals surface area contributed by atoms with Crippen LogP contribution in [0.2, 0.25) is 0 Å². The van der Waals surface area contributed by atoms with Crippen LogP contribution in [0.4, 0.5) is 0 Å². The molecule has 6 heteroatoms. The molecule has 0 amide bonds. The monoisotopic (exact) mass is 293 g/mol. The van der Waals surface area contributed by atoms with Crippen LogP contribution < -0.4 is 0 Å². The number of carbonyl (C=O) groups is 2. The Morgan fingerprint density at radius 2 is 1.60 bits per heavy atom. The Kier molecular flexibility index (Phi) is 5.40. The summed E-state index contributed by atoms with van der Waals surface area (Å²) in [7, 11) is 0. The van der Waals surface area contributed by atoms with Crippen LogP contribution in [0, 0.1) is 6.92 Å². The summed E-state index contributed by atoms with van der Waals surface area (Å²) < 4.78 is 0. The van der Waals surface area contributed by atoms with Crippen LogP contribution in [-0.2, 0) is 0 Å². The lowest BCUT2D eigenvalue weighted by Gasteiger charge is -2.00. The molecule has 106 valence electrons. The van der Waals surface area contributed by atoms with E-state index in [1.807, 2.05) is 13.8 Å². The second-order valence-corrected chi connectivity index (χ2v) is 4.80. The van der Waals surface area contributed by atoms with E-state index in [4.69, 9.17) is 10.2 Å². The van der Waals surface area contributed by atoms with Gasteiger partial charge in [0.05, 0.1) is 16.3 Å². The Morgan fingerprint density at radius 1 is 1.05 bits per heavy atom. The van der Waals surface area contributed by atoms with Crippen LogP contribution in [-0.4, -0.2) is 27.1 Å². The SMILES string of the molecule is CC.Cc1nc(-c2ccc(C(=O)O)cc2)c(C(=O)O)s1. The molecule has 0 fully saturated rings. The smallest absolute Gasteiger partial charge is 0.348 e. The third kappa shape index (κ3) is 3.42. The second-order valence-electron chi connectivity index (χ2n) is 3.60. The van der Waals surface area contributed by atoms with Gasteiger partial charge >= 0.3 is 11.9 Å². The zero-order valence-corrected chi connectivity index (χ0v) is 12.2. The number of rotatable bonds is 3. The Bertz CT molecular complexity index is 617. The lowest BCUT2D eigenvalue weighted by atomic mass is 10.1. The van der Waals surface area contributed by atoms with Gasteiger partial charge in [-0.25, -0.2) is 14.6 Å². The minimum atomic E-state index is -1.03. The number of hydrogen-bond donors (Lipinski definition) is 2. The van der Waals surface area contributed by atoms with Gasteiger partial charge in [0.1, 0.15) is 4.88 Å². The molecule has 20 heavy (non-hydrogen) atoms. The maximum absolute atomic E-state index is 11.1. The first-order valence-corrected chi connectivity index (χ1v) is 6.85. The first kappa shape index (κ1) is 15.8. The molecule has 0 saturated carbocycles. The van der Waals surface area contributed by atoms with Crippen LogP contribution in [0.15, 0.2) is 24.3 Å². The van der Waals surface area contributed by atoms with E-state index in [2.05, 4.69) is 4.98 Å². The molecule has 0 aliphatic carbocycles. The van der Waals surface area contributed by atoms with Gasteiger partial charge in [0, 0.05) is 5.56 Å². The van der Waals surface area contributed by atoms with E-state index >= 15 is 0 Å². The summed E-state index contributed by atoms with van der Waals surface area (Å²) in [6.45, 7) is 5.73. The number of hydrogen-bond acceptors (Lipinski definition) is 4. The third-order valence-electron chi connectivity index (χ3n) is 2.33. The number of carboxylic acids is 2. The summed E-state index contributed by atoms with van der Waals surface area (Å²) in [5, 5.41) is 18.5. The van der Waals surface area contributed by atoms with Gasteiger partial charge in [-0.1, -0.05) is 26.0 Å². The minimum Gasteiger partial charge on any atom is -0.478 e. The summed E-state index contributed by atoms with van der Waals surface area (Å²) in [5.74, 6) is -2.05. The van der Waals surface area contributed by atoms with Crippen molar-refractivity contribution in [1.82, 2.24) is 4.98 Å². The Hall–Kier alpha value is -2.21. The topological polar surface area (TPSA) is 87.5 Å². The predicted octanol–water partition coefficient (Wildman–Crippen LogP) is 3.54. The molecule has 0 radical (unpaired) electrons. The lowest BCUT2D eigenvalue weighted by Crippen LogP contribution is -1.97. The highest BCUT2D eigenvalue weighted by Crippen LogP contribution is 2.28. The van der Waals surface area contributed by atoms with Gasteiger partial charge in [0.15, 0.2) is 0 Å². The second kappa shape index (κ2) is 6.81. The van der Waals surface area contributed by atoms with Crippen LogP contribution >= 0.6 is 11.3 Å². The molecule has 1 aromatic carbocycles. The fourth-order valence-corrected chi connectivity index (χ4v) is 2.32. The minimum absolute atomic E-state index is 0.155. The molecule has 1 aromatic heterocycles. The molecule has 2 rings (SSSR count). The highest BCUT2D eigenvalue weighted by atomic mass is 32.1. The summed E-state index contributed by atoms with van der Waals surface area (Å²) in [5.41, 5.74) is 1.13. The van der Waals surface area contributed by atoms with Crippen molar-refractivity contribution >= 4 is 23.3 Å². The van der Waals surface area contributed by atoms with Crippen molar-refractivity contribution in [2.75, 3.05) is 0 Å². The number of aryl methyl sites for hydroxylation is 1. The van der Waals surface area contributed by atoms with Crippen LogP contribution in [0.25, 0.3) is 11.3 Å². The quantitative estimate of drug-likeness (QED) is 0.903. The molecule has 0 bridgehead atoms. The molecule has 2 N–H and O–H groups in total. The zero-order chi connectivity index (χ0) is 15.3. The molecule has 0 atom stereocenters. The summed E-state index contributed by atoms with van der Waals surface area (Å²) in [6, 6.07) is 5.98. The summed E-state index contributed by atoms with van der Waals surface area (Å²) in [4.78, 5) is 26.1. The van der Waals surface area contributed by atoms with Crippen molar-refractivity contribution in [3.8, 4) is 11.3 Å². The van der Waals surface area contributed by atoms with E-state index < -0.39 is 11.9 Å². The van der Waals surface area contributed by atoms with E-state index in [1.54, 1.807) is 19.1 Å². The van der Waals surface area contributed by atoms with E-state index in [0.29, 0.717) is 16.3 Å². The largest absolute Gasteiger partial charge is 0.478 e. The molecular weight excluding hydrogens is 278 g/mol. The molecule has 5 nitrogen and oxygen atoms in total. The van der Waals surface area contributed by atoms with Gasteiger partial charge < -0.3 is 10.2 Å². The van der Waals surface area contributed by atoms with Gasteiger partial charge in [0.2, 0.25) is 0 Å². The first-order chi connectivity index (χ1) is 9.49. The standard InChI is InChI=1S/C12H9NO4S.C2H6/c1-6-13-9(10(18-6)12(16)17)7-2-4-8(5-3-7)11(14)15;1-2/h2-5H,1H3,(H,14,15)(H,16,17);1-2H3. The van der Waals surface area contributed by atoms with E-state index in [1.165, 1.54) is 12.1 Å². The number of aromatic carboxylic acids is 2. The van der Waals surface area contributed by atoms with Crippen molar-refractivity contribution < 1.29 is 19.8 Å². The fourth-order valence-electron chi connectivity index (χ4n) is 1.54. The van der Waals surface area contributed by atoms with Gasteiger partial charge in [-0.3, -0.25) is 0 Å². The van der Waals surface area contributed by atoms with Crippen molar-refractivity contribution in [2.45, 2.75) is 20.8 Å². The van der Waals surface area contributed by atoms with Crippen molar-refractivity contribution in [3.05, 3.63) is 39.7 Å². The number of nitrogens with zero attached hydrogens (tertiary/aromatic N) is 1. The molecule has 1 heterocycles. The van der Waals surface area contributed by atoms with Crippen LogP contribution in [0.5, 0.6) is 0 Å². The van der Waals surface area contributed by atoms with Gasteiger partial charge in [0.25, 0.3) is 0 Å². The molecule has 0 aliphatic rings. The Balaban J connectivity index is 0.000000956. The molecule has 2 aromatic rings. The molecular formula is C14H15NO4S. The maximum Gasteiger partial charge on any atom is 0.348 e. The number of aromatic nitrogens is 1. The zero-order valence-electron chi connectivity index (χ0n) is 11.4. The normalized spacial score (nSPS) is 9.55. The van der Waals surface area contributed by atoms with Gasteiger partial charge in [-0.2, -0.15) is 0 Å². The van der Waals surface area contributed by atoms with E-state index in [0.717, 1.165) is 11.3 Å². The Morgan fingerprint density at radius 3 is 2.05 bits per heavy atom. The highest BCUT2D eigenvalue weighted by molar-refractivity contribution is 7.14. The van der Waals surface area contributed by atoms with E-state index in [9.17, 15) is 9.59 Å². The average molecular weight is 293 g/mol. The average Bonchev–Trinajstić information content (AvgIpc) is 2.83. The first-order valence-electron chi connectivity index (χ1n) is 6.03. The maximum atomic E-state index is 11.1. The van der Waals surface area contributed by atoms with Crippen molar-refractivity contribution in [2.24, 2.45) is 0 Å². The van der Waals surface area contributed by atoms with Gasteiger partial charge in [-0.15, -0.1) is 11.3 Å². The summed E-state index contributed by atoms with van der Waals surface area (Å²) >= 11 is 1.10. The van der Waals surface area contributed by atoms with Crippen LogP contribution in [0.1, 0.15) is 38.9 Å². The Labute approximate surface area is 120 Å². The van der Waals surface area contributed by atoms with Crippen molar-refractivity contribution in [1.29, 1.82) is 0 Å². The van der Waals surface area contributed by atoms with Crippen molar-refractivity contribution in [3.63, 3.8) is 0 Å². The molecule has 0 spiro atoms. The van der Waals surface area contributed by atoms with E-state index in [-0.39, 0.29) is 10.4 Å². The number of carboxylic acid groups (broad SMARTS) is 2. The van der Waals surface area contributed by atoms with Crippen LogP contribution in [0.3, 0.4) is 0 Å². The molecule has 0 saturated heterocycles.